The molecule has 8 heteroatoms. The molecule has 0 aliphatic heterocycles. The standard InChI is InChI=1S/C12H14N2O5S/c1-19-10-8-9(12(15)16)4-5-11(10)20(17,18)14-7-3-2-6-13/h4-5,8,14H,2-3,7H2,1H3,(H,15,16). The fourth-order valence-corrected chi connectivity index (χ4v) is 2.70. The molecule has 108 valence electrons. The highest BCUT2D eigenvalue weighted by Crippen LogP contribution is 2.24. The van der Waals surface area contributed by atoms with E-state index in [1.165, 1.54) is 19.2 Å². The van der Waals surface area contributed by atoms with Crippen molar-refractivity contribution in [2.45, 2.75) is 17.7 Å². The van der Waals surface area contributed by atoms with Crippen LogP contribution in [0.15, 0.2) is 23.1 Å². The van der Waals surface area contributed by atoms with Gasteiger partial charge >= 0.3 is 5.97 Å². The van der Waals surface area contributed by atoms with E-state index in [9.17, 15) is 13.2 Å². The van der Waals surface area contributed by atoms with E-state index in [-0.39, 0.29) is 29.2 Å². The first-order chi connectivity index (χ1) is 9.42. The van der Waals surface area contributed by atoms with Gasteiger partial charge in [0.1, 0.15) is 10.6 Å². The lowest BCUT2D eigenvalue weighted by atomic mass is 10.2. The van der Waals surface area contributed by atoms with E-state index >= 15 is 0 Å². The normalized spacial score (nSPS) is 10.8. The molecule has 0 fully saturated rings. The molecule has 0 aliphatic rings. The Morgan fingerprint density at radius 1 is 1.50 bits per heavy atom. The van der Waals surface area contributed by atoms with Gasteiger partial charge in [-0.15, -0.1) is 0 Å². The van der Waals surface area contributed by atoms with Crippen LogP contribution in [0.25, 0.3) is 0 Å². The van der Waals surface area contributed by atoms with Crippen molar-refractivity contribution in [2.24, 2.45) is 0 Å². The van der Waals surface area contributed by atoms with Crippen LogP contribution in [0.5, 0.6) is 5.75 Å². The lowest BCUT2D eigenvalue weighted by Gasteiger charge is -2.11. The zero-order chi connectivity index (χ0) is 15.2. The number of aromatic carboxylic acids is 1. The Kier molecular flexibility index (Phi) is 5.49. The summed E-state index contributed by atoms with van der Waals surface area (Å²) in [6.07, 6.45) is 0.642. The van der Waals surface area contributed by atoms with Crippen LogP contribution in [0, 0.1) is 11.3 Å². The number of rotatable bonds is 7. The lowest BCUT2D eigenvalue weighted by molar-refractivity contribution is 0.0696. The first-order valence-corrected chi connectivity index (χ1v) is 7.18. The number of nitrogens with zero attached hydrogens (tertiary/aromatic N) is 1. The van der Waals surface area contributed by atoms with Crippen molar-refractivity contribution in [3.8, 4) is 11.8 Å². The second-order valence-corrected chi connectivity index (χ2v) is 5.57. The fraction of sp³-hybridized carbons (Fsp3) is 0.333. The largest absolute Gasteiger partial charge is 0.495 e. The summed E-state index contributed by atoms with van der Waals surface area (Å²) < 4.78 is 31.3. The topological polar surface area (TPSA) is 116 Å². The maximum absolute atomic E-state index is 12.0. The van der Waals surface area contributed by atoms with Crippen molar-refractivity contribution < 1.29 is 23.1 Å². The zero-order valence-electron chi connectivity index (χ0n) is 10.8. The monoisotopic (exact) mass is 298 g/mol. The van der Waals surface area contributed by atoms with E-state index in [4.69, 9.17) is 15.1 Å². The first kappa shape index (κ1) is 15.9. The minimum Gasteiger partial charge on any atom is -0.495 e. The van der Waals surface area contributed by atoms with Gasteiger partial charge in [0, 0.05) is 13.0 Å². The molecule has 1 rings (SSSR count). The van der Waals surface area contributed by atoms with Crippen LogP contribution in [0.4, 0.5) is 0 Å². The molecular weight excluding hydrogens is 284 g/mol. The number of methoxy groups -OCH3 is 1. The lowest BCUT2D eigenvalue weighted by Crippen LogP contribution is -2.25. The molecule has 0 saturated heterocycles. The Balaban J connectivity index is 3.00. The number of nitrogens with one attached hydrogen (secondary N) is 1. The number of unbranched alkanes of at least 4 members (excludes halogenated alkanes) is 1. The van der Waals surface area contributed by atoms with Gasteiger partial charge < -0.3 is 9.84 Å². The molecule has 0 amide bonds. The summed E-state index contributed by atoms with van der Waals surface area (Å²) in [5, 5.41) is 17.2. The summed E-state index contributed by atoms with van der Waals surface area (Å²) in [5.74, 6) is -1.22. The number of hydrogen-bond donors (Lipinski definition) is 2. The van der Waals surface area contributed by atoms with E-state index < -0.39 is 16.0 Å². The van der Waals surface area contributed by atoms with E-state index in [2.05, 4.69) is 4.72 Å². The van der Waals surface area contributed by atoms with Crippen molar-refractivity contribution in [3.05, 3.63) is 23.8 Å². The van der Waals surface area contributed by atoms with E-state index in [0.717, 1.165) is 6.07 Å². The van der Waals surface area contributed by atoms with Crippen molar-refractivity contribution in [1.82, 2.24) is 4.72 Å². The van der Waals surface area contributed by atoms with Crippen molar-refractivity contribution in [2.75, 3.05) is 13.7 Å². The molecule has 2 N–H and O–H groups in total. The molecule has 0 heterocycles. The second kappa shape index (κ2) is 6.88. The maximum atomic E-state index is 12.0. The Morgan fingerprint density at radius 3 is 2.75 bits per heavy atom. The number of carboxylic acid groups (broad SMARTS) is 1. The SMILES string of the molecule is COc1cc(C(=O)O)ccc1S(=O)(=O)NCCCC#N. The Hall–Kier alpha value is -2.11. The van der Waals surface area contributed by atoms with Crippen molar-refractivity contribution in [1.29, 1.82) is 5.26 Å². The quantitative estimate of drug-likeness (QED) is 0.725. The van der Waals surface area contributed by atoms with Gasteiger partial charge in [0.25, 0.3) is 0 Å². The molecule has 0 unspecified atom stereocenters. The molecule has 0 bridgehead atoms. The summed E-state index contributed by atoms with van der Waals surface area (Å²) in [6, 6.07) is 5.42. The summed E-state index contributed by atoms with van der Waals surface area (Å²) in [7, 11) is -2.54. The average molecular weight is 298 g/mol. The minimum atomic E-state index is -3.80. The molecule has 0 aliphatic carbocycles. The van der Waals surface area contributed by atoms with Crippen LogP contribution in [0.2, 0.25) is 0 Å². The third kappa shape index (κ3) is 3.94. The van der Waals surface area contributed by atoms with Gasteiger partial charge in [-0.1, -0.05) is 0 Å². The van der Waals surface area contributed by atoms with E-state index in [1.807, 2.05) is 6.07 Å². The van der Waals surface area contributed by atoms with Crippen LogP contribution in [0.3, 0.4) is 0 Å². The third-order valence-electron chi connectivity index (χ3n) is 2.46. The number of hydrogen-bond acceptors (Lipinski definition) is 5. The molecule has 20 heavy (non-hydrogen) atoms. The highest BCUT2D eigenvalue weighted by Gasteiger charge is 2.20. The molecular formula is C12H14N2O5S. The Bertz CT molecular complexity index is 634. The summed E-state index contributed by atoms with van der Waals surface area (Å²) >= 11 is 0. The molecule has 0 radical (unpaired) electrons. The van der Waals surface area contributed by atoms with Crippen molar-refractivity contribution in [3.63, 3.8) is 0 Å². The first-order valence-electron chi connectivity index (χ1n) is 5.70. The third-order valence-corrected chi connectivity index (χ3v) is 3.96. The van der Waals surface area contributed by atoms with Gasteiger partial charge in [-0.05, 0) is 24.6 Å². The van der Waals surface area contributed by atoms with Crippen LogP contribution < -0.4 is 9.46 Å². The smallest absolute Gasteiger partial charge is 0.335 e. The predicted molar refractivity (Wildman–Crippen MR) is 70.0 cm³/mol. The number of carboxylic acids is 1. The second-order valence-electron chi connectivity index (χ2n) is 3.83. The van der Waals surface area contributed by atoms with Gasteiger partial charge in [0.15, 0.2) is 0 Å². The highest BCUT2D eigenvalue weighted by atomic mass is 32.2. The maximum Gasteiger partial charge on any atom is 0.335 e. The van der Waals surface area contributed by atoms with Gasteiger partial charge in [-0.2, -0.15) is 5.26 Å². The minimum absolute atomic E-state index is 0.0438. The molecule has 0 aromatic heterocycles. The zero-order valence-corrected chi connectivity index (χ0v) is 11.6. The summed E-state index contributed by atoms with van der Waals surface area (Å²) in [6.45, 7) is 0.125. The molecule has 1 aromatic carbocycles. The van der Waals surface area contributed by atoms with Crippen LogP contribution >= 0.6 is 0 Å². The predicted octanol–water partition coefficient (Wildman–Crippen LogP) is 0.975. The van der Waals surface area contributed by atoms with Crippen LogP contribution in [-0.4, -0.2) is 33.1 Å². The number of ether oxygens (including phenoxy) is 1. The van der Waals surface area contributed by atoms with Gasteiger partial charge in [-0.25, -0.2) is 17.9 Å². The summed E-state index contributed by atoms with van der Waals surface area (Å²) in [5.41, 5.74) is -0.0646. The van der Waals surface area contributed by atoms with Gasteiger partial charge in [0.05, 0.1) is 18.7 Å². The Morgan fingerprint density at radius 2 is 2.20 bits per heavy atom. The molecule has 7 nitrogen and oxygen atoms in total. The molecule has 0 spiro atoms. The van der Waals surface area contributed by atoms with E-state index in [0.29, 0.717) is 6.42 Å². The van der Waals surface area contributed by atoms with Crippen molar-refractivity contribution >= 4 is 16.0 Å². The molecule has 0 saturated carbocycles. The van der Waals surface area contributed by atoms with Gasteiger partial charge in [-0.3, -0.25) is 0 Å². The number of nitriles is 1. The Labute approximate surface area is 116 Å². The average Bonchev–Trinajstić information content (AvgIpc) is 2.42. The summed E-state index contributed by atoms with van der Waals surface area (Å²) in [4.78, 5) is 10.7. The van der Waals surface area contributed by atoms with E-state index in [1.54, 1.807) is 0 Å². The number of sulfonamides is 1. The van der Waals surface area contributed by atoms with Gasteiger partial charge in [0.2, 0.25) is 10.0 Å². The molecule has 0 atom stereocenters. The molecule has 1 aromatic rings. The highest BCUT2D eigenvalue weighted by molar-refractivity contribution is 7.89. The van der Waals surface area contributed by atoms with Crippen LogP contribution in [-0.2, 0) is 10.0 Å². The number of carbonyl (C=O) groups is 1. The number of benzene rings is 1. The van der Waals surface area contributed by atoms with Crippen LogP contribution in [0.1, 0.15) is 23.2 Å². The fourth-order valence-electron chi connectivity index (χ4n) is 1.47.